The lowest BCUT2D eigenvalue weighted by molar-refractivity contribution is 0.0224. The van der Waals surface area contributed by atoms with Gasteiger partial charge in [-0.15, -0.1) is 0 Å². The number of benzene rings is 3. The average Bonchev–Trinajstić information content (AvgIpc) is 3.03. The van der Waals surface area contributed by atoms with Gasteiger partial charge in [-0.2, -0.15) is 0 Å². The Morgan fingerprint density at radius 2 is 1.66 bits per heavy atom. The van der Waals surface area contributed by atoms with Crippen LogP contribution in [-0.2, 0) is 10.3 Å². The maximum atomic E-state index is 12.8. The minimum absolute atomic E-state index is 0.297. The number of hydrogen-bond donors (Lipinski definition) is 0. The Morgan fingerprint density at radius 1 is 0.862 bits per heavy atom. The van der Waals surface area contributed by atoms with Crippen molar-refractivity contribution >= 4 is 11.7 Å². The van der Waals surface area contributed by atoms with Crippen LogP contribution in [0.2, 0.25) is 0 Å². The van der Waals surface area contributed by atoms with E-state index in [1.807, 2.05) is 49.4 Å². The van der Waals surface area contributed by atoms with Crippen molar-refractivity contribution in [3.8, 4) is 11.5 Å². The molecule has 0 fully saturated rings. The molecule has 2 heterocycles. The lowest BCUT2D eigenvalue weighted by Crippen LogP contribution is -2.33. The van der Waals surface area contributed by atoms with Gasteiger partial charge in [0.05, 0.1) is 5.56 Å². The quantitative estimate of drug-likeness (QED) is 0.565. The maximum absolute atomic E-state index is 12.8. The summed E-state index contributed by atoms with van der Waals surface area (Å²) < 4.78 is 12.5. The number of esters is 1. The van der Waals surface area contributed by atoms with E-state index in [4.69, 9.17) is 9.47 Å². The number of nitrogens with zero attached hydrogens (tertiary/aromatic N) is 1. The Morgan fingerprint density at radius 3 is 2.45 bits per heavy atom. The number of ether oxygens (including phenoxy) is 2. The van der Waals surface area contributed by atoms with E-state index in [1.54, 1.807) is 0 Å². The molecule has 29 heavy (non-hydrogen) atoms. The minimum atomic E-state index is -0.982. The fraction of sp³-hybridized carbons (Fsp3) is 0.240. The first-order valence-corrected chi connectivity index (χ1v) is 10.1. The van der Waals surface area contributed by atoms with E-state index in [0.29, 0.717) is 5.56 Å². The molecule has 2 aliphatic heterocycles. The van der Waals surface area contributed by atoms with Crippen molar-refractivity contribution < 1.29 is 14.3 Å². The van der Waals surface area contributed by atoms with E-state index < -0.39 is 5.60 Å². The summed E-state index contributed by atoms with van der Waals surface area (Å²) in [6, 6.07) is 19.9. The number of anilines is 1. The summed E-state index contributed by atoms with van der Waals surface area (Å²) in [4.78, 5) is 15.1. The fourth-order valence-corrected chi connectivity index (χ4v) is 4.56. The first kappa shape index (κ1) is 17.8. The van der Waals surface area contributed by atoms with Crippen molar-refractivity contribution in [3.63, 3.8) is 0 Å². The van der Waals surface area contributed by atoms with Crippen LogP contribution in [0.15, 0.2) is 60.7 Å². The van der Waals surface area contributed by atoms with Crippen LogP contribution >= 0.6 is 0 Å². The van der Waals surface area contributed by atoms with Crippen LogP contribution in [0.1, 0.15) is 46.5 Å². The molecule has 0 aromatic heterocycles. The molecule has 0 radical (unpaired) electrons. The monoisotopic (exact) mass is 385 g/mol. The van der Waals surface area contributed by atoms with Gasteiger partial charge in [0.2, 0.25) is 0 Å². The highest BCUT2D eigenvalue weighted by atomic mass is 16.6. The number of fused-ring (bicyclic) bond motifs is 6. The van der Waals surface area contributed by atoms with Crippen LogP contribution in [-0.4, -0.2) is 19.1 Å². The van der Waals surface area contributed by atoms with Crippen LogP contribution in [0.3, 0.4) is 0 Å². The third kappa shape index (κ3) is 2.42. The molecular formula is C25H23NO3. The lowest BCUT2D eigenvalue weighted by Gasteiger charge is -2.37. The second kappa shape index (κ2) is 6.38. The standard InChI is InChI=1S/C25H23NO3/c1-4-26(5-2)17-11-12-20-23(15-17)28-22-13-10-16(3)14-21(22)25(20)19-9-7-6-8-18(19)24(27)29-25/h6-15H,4-5H2,1-3H3/t25-/m0/s1. The number of aryl methyl sites for hydroxylation is 1. The van der Waals surface area contributed by atoms with E-state index in [-0.39, 0.29) is 5.97 Å². The van der Waals surface area contributed by atoms with E-state index >= 15 is 0 Å². The van der Waals surface area contributed by atoms with E-state index in [2.05, 4.69) is 36.9 Å². The molecular weight excluding hydrogens is 362 g/mol. The topological polar surface area (TPSA) is 38.8 Å². The van der Waals surface area contributed by atoms with E-state index in [0.717, 1.165) is 52.5 Å². The SMILES string of the molecule is CCN(CC)c1ccc2c(c1)Oc1ccc(C)cc1[C@@]21OC(=O)c2ccccc21. The Hall–Kier alpha value is -3.27. The molecule has 1 spiro atoms. The highest BCUT2D eigenvalue weighted by molar-refractivity contribution is 5.97. The average molecular weight is 385 g/mol. The Kier molecular flexibility index (Phi) is 3.91. The molecule has 4 nitrogen and oxygen atoms in total. The molecule has 146 valence electrons. The molecule has 4 heteroatoms. The van der Waals surface area contributed by atoms with Crippen LogP contribution < -0.4 is 9.64 Å². The largest absolute Gasteiger partial charge is 0.456 e. The Balaban J connectivity index is 1.81. The van der Waals surface area contributed by atoms with Crippen molar-refractivity contribution in [1.29, 1.82) is 0 Å². The van der Waals surface area contributed by atoms with Crippen LogP contribution in [0, 0.1) is 6.92 Å². The molecule has 0 unspecified atom stereocenters. The second-order valence-electron chi connectivity index (χ2n) is 7.57. The van der Waals surface area contributed by atoms with Gasteiger partial charge in [0.1, 0.15) is 11.5 Å². The summed E-state index contributed by atoms with van der Waals surface area (Å²) in [6.07, 6.45) is 0. The summed E-state index contributed by atoms with van der Waals surface area (Å²) in [5.41, 5.74) is 4.43. The van der Waals surface area contributed by atoms with Gasteiger partial charge < -0.3 is 14.4 Å². The van der Waals surface area contributed by atoms with Crippen molar-refractivity contribution in [3.05, 3.63) is 88.5 Å². The van der Waals surface area contributed by atoms with Crippen molar-refractivity contribution in [2.75, 3.05) is 18.0 Å². The predicted octanol–water partition coefficient (Wildman–Crippen LogP) is 5.41. The summed E-state index contributed by atoms with van der Waals surface area (Å²) in [5, 5.41) is 0. The zero-order valence-corrected chi connectivity index (χ0v) is 16.9. The Bertz CT molecular complexity index is 1130. The molecule has 0 saturated heterocycles. The summed E-state index contributed by atoms with van der Waals surface area (Å²) >= 11 is 0. The second-order valence-corrected chi connectivity index (χ2v) is 7.57. The highest BCUT2D eigenvalue weighted by Gasteiger charge is 2.53. The van der Waals surface area contributed by atoms with Gasteiger partial charge in [-0.25, -0.2) is 4.79 Å². The molecule has 0 bridgehead atoms. The molecule has 0 saturated carbocycles. The van der Waals surface area contributed by atoms with Crippen LogP contribution in [0.25, 0.3) is 0 Å². The molecule has 0 aliphatic carbocycles. The Labute approximate surface area is 170 Å². The van der Waals surface area contributed by atoms with Crippen LogP contribution in [0.4, 0.5) is 5.69 Å². The fourth-order valence-electron chi connectivity index (χ4n) is 4.56. The predicted molar refractivity (Wildman–Crippen MR) is 113 cm³/mol. The molecule has 3 aromatic carbocycles. The van der Waals surface area contributed by atoms with Gasteiger partial charge in [-0.3, -0.25) is 0 Å². The van der Waals surface area contributed by atoms with E-state index in [9.17, 15) is 4.79 Å². The van der Waals surface area contributed by atoms with Crippen molar-refractivity contribution in [2.24, 2.45) is 0 Å². The van der Waals surface area contributed by atoms with Crippen LogP contribution in [0.5, 0.6) is 11.5 Å². The van der Waals surface area contributed by atoms with E-state index in [1.165, 1.54) is 0 Å². The first-order chi connectivity index (χ1) is 14.1. The zero-order chi connectivity index (χ0) is 20.2. The van der Waals surface area contributed by atoms with Gasteiger partial charge in [-0.1, -0.05) is 29.8 Å². The van der Waals surface area contributed by atoms with Gasteiger partial charge in [-0.05, 0) is 51.1 Å². The molecule has 1 atom stereocenters. The molecule has 0 amide bonds. The molecule has 0 N–H and O–H groups in total. The zero-order valence-electron chi connectivity index (χ0n) is 16.9. The van der Waals surface area contributed by atoms with Crippen molar-refractivity contribution in [1.82, 2.24) is 0 Å². The molecule has 5 rings (SSSR count). The maximum Gasteiger partial charge on any atom is 0.340 e. The number of carbonyl (C=O) groups excluding carboxylic acids is 1. The first-order valence-electron chi connectivity index (χ1n) is 10.1. The van der Waals surface area contributed by atoms with Gasteiger partial charge in [0.25, 0.3) is 0 Å². The third-order valence-electron chi connectivity index (χ3n) is 5.98. The van der Waals surface area contributed by atoms with Gasteiger partial charge in [0, 0.05) is 41.5 Å². The number of hydrogen-bond acceptors (Lipinski definition) is 4. The smallest absolute Gasteiger partial charge is 0.340 e. The summed E-state index contributed by atoms with van der Waals surface area (Å²) in [7, 11) is 0. The number of rotatable bonds is 3. The summed E-state index contributed by atoms with van der Waals surface area (Å²) in [5.74, 6) is 1.16. The summed E-state index contributed by atoms with van der Waals surface area (Å²) in [6.45, 7) is 8.13. The minimum Gasteiger partial charge on any atom is -0.456 e. The highest BCUT2D eigenvalue weighted by Crippen LogP contribution is 2.56. The third-order valence-corrected chi connectivity index (χ3v) is 5.98. The van der Waals surface area contributed by atoms with Crippen molar-refractivity contribution in [2.45, 2.75) is 26.4 Å². The normalized spacial score (nSPS) is 18.5. The van der Waals surface area contributed by atoms with Gasteiger partial charge in [0.15, 0.2) is 5.60 Å². The lowest BCUT2D eigenvalue weighted by atomic mass is 9.77. The molecule has 3 aromatic rings. The van der Waals surface area contributed by atoms with Gasteiger partial charge >= 0.3 is 5.97 Å². The number of carbonyl (C=O) groups is 1. The molecule has 2 aliphatic rings.